The Hall–Kier alpha value is -0.610. The summed E-state index contributed by atoms with van der Waals surface area (Å²) in [5, 5.41) is 9.26. The van der Waals surface area contributed by atoms with Gasteiger partial charge in [0.05, 0.1) is 6.54 Å². The lowest BCUT2D eigenvalue weighted by Gasteiger charge is -2.36. The fourth-order valence-electron chi connectivity index (χ4n) is 3.58. The molecule has 1 N–H and O–H groups in total. The maximum atomic E-state index is 12.4. The molecule has 1 atom stereocenters. The molecule has 0 spiro atoms. The Morgan fingerprint density at radius 3 is 2.60 bits per heavy atom. The standard InChI is InChI=1S/C16H30N2O2/c1-13-5-7-15(8-6-13)17(2)16(20)11-18-9-3-4-14(10-18)12-19/h13-15,19H,3-12H2,1-2H3. The maximum absolute atomic E-state index is 12.4. The molecule has 1 unspecified atom stereocenters. The first kappa shape index (κ1) is 15.8. The molecule has 0 aromatic heterocycles. The van der Waals surface area contributed by atoms with E-state index in [4.69, 9.17) is 0 Å². The van der Waals surface area contributed by atoms with Crippen LogP contribution in [-0.4, -0.2) is 60.1 Å². The van der Waals surface area contributed by atoms with E-state index in [0.29, 0.717) is 18.5 Å². The SMILES string of the molecule is CC1CCC(N(C)C(=O)CN2CCCC(CO)C2)CC1. The number of amides is 1. The van der Waals surface area contributed by atoms with Gasteiger partial charge in [-0.3, -0.25) is 9.69 Å². The zero-order chi connectivity index (χ0) is 14.5. The molecule has 0 aromatic carbocycles. The molecule has 0 bridgehead atoms. The predicted molar refractivity (Wildman–Crippen MR) is 80.4 cm³/mol. The number of piperidine rings is 1. The molecule has 2 fully saturated rings. The first-order valence-electron chi connectivity index (χ1n) is 8.19. The molecule has 1 aliphatic carbocycles. The van der Waals surface area contributed by atoms with Gasteiger partial charge in [-0.05, 0) is 56.9 Å². The molecule has 4 heteroatoms. The van der Waals surface area contributed by atoms with Crippen LogP contribution in [0.4, 0.5) is 0 Å². The lowest BCUT2D eigenvalue weighted by atomic mass is 9.87. The van der Waals surface area contributed by atoms with Crippen molar-refractivity contribution in [2.75, 3.05) is 33.3 Å². The molecule has 4 nitrogen and oxygen atoms in total. The van der Waals surface area contributed by atoms with Gasteiger partial charge in [0.1, 0.15) is 0 Å². The van der Waals surface area contributed by atoms with Gasteiger partial charge in [-0.15, -0.1) is 0 Å². The molecule has 20 heavy (non-hydrogen) atoms. The molecular weight excluding hydrogens is 252 g/mol. The van der Waals surface area contributed by atoms with Crippen molar-refractivity contribution in [3.05, 3.63) is 0 Å². The van der Waals surface area contributed by atoms with Crippen LogP contribution in [0.25, 0.3) is 0 Å². The van der Waals surface area contributed by atoms with E-state index in [2.05, 4.69) is 11.8 Å². The van der Waals surface area contributed by atoms with Gasteiger partial charge in [0.25, 0.3) is 0 Å². The van der Waals surface area contributed by atoms with Gasteiger partial charge in [0.2, 0.25) is 5.91 Å². The zero-order valence-corrected chi connectivity index (χ0v) is 13.1. The lowest BCUT2D eigenvalue weighted by Crippen LogP contribution is -2.47. The van der Waals surface area contributed by atoms with Crippen molar-refractivity contribution >= 4 is 5.91 Å². The summed E-state index contributed by atoms with van der Waals surface area (Å²) in [6, 6.07) is 0.442. The second-order valence-electron chi connectivity index (χ2n) is 6.84. The van der Waals surface area contributed by atoms with Crippen LogP contribution in [0.3, 0.4) is 0 Å². The highest BCUT2D eigenvalue weighted by molar-refractivity contribution is 5.78. The summed E-state index contributed by atoms with van der Waals surface area (Å²) in [5.41, 5.74) is 0. The fourth-order valence-corrected chi connectivity index (χ4v) is 3.58. The molecule has 1 saturated heterocycles. The number of rotatable bonds is 4. The molecule has 1 saturated carbocycles. The van der Waals surface area contributed by atoms with E-state index < -0.39 is 0 Å². The van der Waals surface area contributed by atoms with Crippen LogP contribution in [0.5, 0.6) is 0 Å². The van der Waals surface area contributed by atoms with Crippen LogP contribution >= 0.6 is 0 Å². The van der Waals surface area contributed by atoms with E-state index in [-0.39, 0.29) is 12.5 Å². The Bertz CT molecular complexity index is 314. The molecular formula is C16H30N2O2. The van der Waals surface area contributed by atoms with Crippen LogP contribution in [-0.2, 0) is 4.79 Å². The van der Waals surface area contributed by atoms with E-state index in [1.807, 2.05) is 11.9 Å². The van der Waals surface area contributed by atoms with E-state index in [9.17, 15) is 9.90 Å². The van der Waals surface area contributed by atoms with Gasteiger partial charge in [-0.1, -0.05) is 6.92 Å². The van der Waals surface area contributed by atoms with Crippen molar-refractivity contribution < 1.29 is 9.90 Å². The monoisotopic (exact) mass is 282 g/mol. The van der Waals surface area contributed by atoms with Crippen molar-refractivity contribution in [2.45, 2.75) is 51.5 Å². The number of aliphatic hydroxyl groups excluding tert-OH is 1. The normalized spacial score (nSPS) is 32.0. The number of aliphatic hydroxyl groups is 1. The van der Waals surface area contributed by atoms with Gasteiger partial charge in [0, 0.05) is 26.2 Å². The Kier molecular flexibility index (Phi) is 5.85. The van der Waals surface area contributed by atoms with Crippen molar-refractivity contribution in [3.63, 3.8) is 0 Å². The first-order chi connectivity index (χ1) is 9.60. The Balaban J connectivity index is 1.78. The summed E-state index contributed by atoms with van der Waals surface area (Å²) < 4.78 is 0. The van der Waals surface area contributed by atoms with E-state index in [0.717, 1.165) is 44.7 Å². The first-order valence-corrected chi connectivity index (χ1v) is 8.19. The molecule has 2 rings (SSSR count). The number of hydrogen-bond acceptors (Lipinski definition) is 3. The third-order valence-electron chi connectivity index (χ3n) is 5.15. The molecule has 1 heterocycles. The van der Waals surface area contributed by atoms with Crippen LogP contribution < -0.4 is 0 Å². The van der Waals surface area contributed by atoms with Gasteiger partial charge < -0.3 is 10.0 Å². The van der Waals surface area contributed by atoms with Gasteiger partial charge in [0.15, 0.2) is 0 Å². The third kappa shape index (κ3) is 4.19. The highest BCUT2D eigenvalue weighted by atomic mass is 16.3. The lowest BCUT2D eigenvalue weighted by molar-refractivity contribution is -0.134. The Morgan fingerprint density at radius 1 is 1.25 bits per heavy atom. The van der Waals surface area contributed by atoms with Gasteiger partial charge in [-0.2, -0.15) is 0 Å². The number of nitrogens with zero attached hydrogens (tertiary/aromatic N) is 2. The quantitative estimate of drug-likeness (QED) is 0.854. The Labute approximate surface area is 123 Å². The predicted octanol–water partition coefficient (Wildman–Crippen LogP) is 1.73. The summed E-state index contributed by atoms with van der Waals surface area (Å²) in [7, 11) is 1.97. The Morgan fingerprint density at radius 2 is 1.95 bits per heavy atom. The second-order valence-corrected chi connectivity index (χ2v) is 6.84. The summed E-state index contributed by atoms with van der Waals surface area (Å²) in [4.78, 5) is 16.6. The highest BCUT2D eigenvalue weighted by Crippen LogP contribution is 2.26. The average molecular weight is 282 g/mol. The summed E-state index contributed by atoms with van der Waals surface area (Å²) in [6.45, 7) is 4.95. The molecule has 0 aromatic rings. The largest absolute Gasteiger partial charge is 0.396 e. The van der Waals surface area contributed by atoms with E-state index >= 15 is 0 Å². The topological polar surface area (TPSA) is 43.8 Å². The number of carbonyl (C=O) groups is 1. The third-order valence-corrected chi connectivity index (χ3v) is 5.15. The van der Waals surface area contributed by atoms with Crippen molar-refractivity contribution in [3.8, 4) is 0 Å². The smallest absolute Gasteiger partial charge is 0.236 e. The second kappa shape index (κ2) is 7.41. The number of hydrogen-bond donors (Lipinski definition) is 1. The minimum atomic E-state index is 0.251. The number of likely N-dealkylation sites (N-methyl/N-ethyl adjacent to an activating group) is 1. The van der Waals surface area contributed by atoms with Crippen molar-refractivity contribution in [1.82, 2.24) is 9.80 Å². The summed E-state index contributed by atoms with van der Waals surface area (Å²) in [6.07, 6.45) is 7.00. The van der Waals surface area contributed by atoms with E-state index in [1.165, 1.54) is 12.8 Å². The number of carbonyl (C=O) groups excluding carboxylic acids is 1. The minimum Gasteiger partial charge on any atom is -0.396 e. The molecule has 1 aliphatic heterocycles. The maximum Gasteiger partial charge on any atom is 0.236 e. The van der Waals surface area contributed by atoms with Crippen LogP contribution in [0.1, 0.15) is 45.4 Å². The minimum absolute atomic E-state index is 0.251. The van der Waals surface area contributed by atoms with Gasteiger partial charge >= 0.3 is 0 Å². The van der Waals surface area contributed by atoms with Crippen LogP contribution in [0.15, 0.2) is 0 Å². The summed E-state index contributed by atoms with van der Waals surface area (Å²) in [5.74, 6) is 1.43. The van der Waals surface area contributed by atoms with Crippen molar-refractivity contribution in [1.29, 1.82) is 0 Å². The average Bonchev–Trinajstić information content (AvgIpc) is 2.47. The van der Waals surface area contributed by atoms with Crippen molar-refractivity contribution in [2.24, 2.45) is 11.8 Å². The van der Waals surface area contributed by atoms with Crippen LogP contribution in [0, 0.1) is 11.8 Å². The highest BCUT2D eigenvalue weighted by Gasteiger charge is 2.27. The molecule has 116 valence electrons. The molecule has 1 amide bonds. The fraction of sp³-hybridized carbons (Fsp3) is 0.938. The van der Waals surface area contributed by atoms with E-state index in [1.54, 1.807) is 0 Å². The zero-order valence-electron chi connectivity index (χ0n) is 13.1. The van der Waals surface area contributed by atoms with Crippen LogP contribution in [0.2, 0.25) is 0 Å². The number of likely N-dealkylation sites (tertiary alicyclic amines) is 1. The molecule has 2 aliphatic rings. The summed E-state index contributed by atoms with van der Waals surface area (Å²) >= 11 is 0. The molecule has 0 radical (unpaired) electrons. The van der Waals surface area contributed by atoms with Gasteiger partial charge in [-0.25, -0.2) is 0 Å².